The van der Waals surface area contributed by atoms with Crippen LogP contribution in [0.4, 0.5) is 5.82 Å². The molecule has 1 saturated heterocycles. The summed E-state index contributed by atoms with van der Waals surface area (Å²) in [5.74, 6) is -0.885. The van der Waals surface area contributed by atoms with Crippen LogP contribution in [0.15, 0.2) is 36.7 Å². The fraction of sp³-hybridized carbons (Fsp3) is 0.348. The van der Waals surface area contributed by atoms with Crippen molar-refractivity contribution in [2.75, 3.05) is 11.9 Å². The Bertz CT molecular complexity index is 1360. The number of imide groups is 1. The number of hydrogen-bond acceptors (Lipinski definition) is 7. The van der Waals surface area contributed by atoms with Gasteiger partial charge in [-0.15, -0.1) is 5.10 Å². The number of hydrogen-bond donors (Lipinski definition) is 1. The highest BCUT2D eigenvalue weighted by atomic mass is 16.2. The topological polar surface area (TPSA) is 135 Å². The van der Waals surface area contributed by atoms with Crippen molar-refractivity contribution in [2.45, 2.75) is 45.3 Å². The Morgan fingerprint density at radius 3 is 2.71 bits per heavy atom. The lowest BCUT2D eigenvalue weighted by Gasteiger charge is -2.29. The van der Waals surface area contributed by atoms with Crippen LogP contribution in [0.25, 0.3) is 5.69 Å². The molecule has 2 aromatic heterocycles. The molecule has 0 spiro atoms. The van der Waals surface area contributed by atoms with Crippen molar-refractivity contribution in [1.29, 1.82) is 0 Å². The van der Waals surface area contributed by atoms with Crippen LogP contribution in [0, 0.1) is 0 Å². The van der Waals surface area contributed by atoms with Crippen molar-refractivity contribution >= 4 is 29.4 Å². The van der Waals surface area contributed by atoms with Crippen LogP contribution < -0.4 is 10.2 Å². The second kappa shape index (κ2) is 8.46. The fourth-order valence-corrected chi connectivity index (χ4v) is 4.26. The van der Waals surface area contributed by atoms with Gasteiger partial charge in [-0.1, -0.05) is 5.21 Å². The van der Waals surface area contributed by atoms with Crippen LogP contribution in [0.1, 0.15) is 59.1 Å². The maximum Gasteiger partial charge on any atom is 0.281 e. The predicted molar refractivity (Wildman–Crippen MR) is 123 cm³/mol. The Hall–Kier alpha value is -4.35. The predicted octanol–water partition coefficient (Wildman–Crippen LogP) is 1.08. The molecule has 0 radical (unpaired) electrons. The van der Waals surface area contributed by atoms with Gasteiger partial charge in [-0.05, 0) is 44.0 Å². The van der Waals surface area contributed by atoms with E-state index in [1.165, 1.54) is 20.7 Å². The molecule has 3 aromatic rings. The van der Waals surface area contributed by atoms with E-state index in [4.69, 9.17) is 0 Å². The van der Waals surface area contributed by atoms with E-state index in [0.717, 1.165) is 5.56 Å². The standard InChI is InChI=1S/C23H24N8O4/c1-13(2)30-9-8-19(26-30)28(3)23(35)17-12-31(27-25-17)15-4-5-16-14(10-15)11-29(22(16)34)18-6-7-20(32)24-21(18)33/h4-5,8-10,12-13,18H,6-7,11H2,1-3H3,(H,24,32,33). The van der Waals surface area contributed by atoms with E-state index in [0.29, 0.717) is 23.5 Å². The number of fused-ring (bicyclic) bond motifs is 1. The first-order valence-electron chi connectivity index (χ1n) is 11.3. The maximum absolute atomic E-state index is 12.9. The number of amides is 4. The monoisotopic (exact) mass is 476 g/mol. The van der Waals surface area contributed by atoms with Gasteiger partial charge in [0.25, 0.3) is 11.8 Å². The van der Waals surface area contributed by atoms with Gasteiger partial charge in [0.2, 0.25) is 11.8 Å². The maximum atomic E-state index is 12.9. The Labute approximate surface area is 200 Å². The third kappa shape index (κ3) is 3.96. The van der Waals surface area contributed by atoms with Crippen molar-refractivity contribution in [3.63, 3.8) is 0 Å². The summed E-state index contributed by atoms with van der Waals surface area (Å²) in [6.45, 7) is 4.24. The number of rotatable bonds is 5. The smallest absolute Gasteiger partial charge is 0.281 e. The Morgan fingerprint density at radius 1 is 1.20 bits per heavy atom. The van der Waals surface area contributed by atoms with Crippen LogP contribution in [0.3, 0.4) is 0 Å². The number of anilines is 1. The average molecular weight is 476 g/mol. The molecular weight excluding hydrogens is 452 g/mol. The number of carbonyl (C=O) groups excluding carboxylic acids is 4. The van der Waals surface area contributed by atoms with Crippen molar-refractivity contribution in [3.8, 4) is 5.69 Å². The average Bonchev–Trinajstić information content (AvgIpc) is 3.57. The van der Waals surface area contributed by atoms with Crippen molar-refractivity contribution < 1.29 is 19.2 Å². The molecule has 2 aliphatic heterocycles. The van der Waals surface area contributed by atoms with Gasteiger partial charge in [-0.2, -0.15) is 5.10 Å². The van der Waals surface area contributed by atoms with Gasteiger partial charge in [-0.3, -0.25) is 34.1 Å². The highest BCUT2D eigenvalue weighted by Gasteiger charge is 2.39. The van der Waals surface area contributed by atoms with Crippen LogP contribution in [-0.2, 0) is 16.1 Å². The highest BCUT2D eigenvalue weighted by Crippen LogP contribution is 2.29. The van der Waals surface area contributed by atoms with Gasteiger partial charge in [0, 0.05) is 43.9 Å². The lowest BCUT2D eigenvalue weighted by Crippen LogP contribution is -2.52. The van der Waals surface area contributed by atoms with Gasteiger partial charge in [0.15, 0.2) is 11.5 Å². The summed E-state index contributed by atoms with van der Waals surface area (Å²) >= 11 is 0. The van der Waals surface area contributed by atoms with E-state index >= 15 is 0 Å². The van der Waals surface area contributed by atoms with Gasteiger partial charge in [-0.25, -0.2) is 4.68 Å². The minimum atomic E-state index is -0.679. The number of carbonyl (C=O) groups is 4. The molecule has 12 heteroatoms. The molecule has 1 atom stereocenters. The lowest BCUT2D eigenvalue weighted by atomic mass is 10.0. The van der Waals surface area contributed by atoms with Gasteiger partial charge < -0.3 is 4.90 Å². The minimum Gasteiger partial charge on any atom is -0.322 e. The molecule has 0 bridgehead atoms. The molecule has 5 rings (SSSR count). The second-order valence-corrected chi connectivity index (χ2v) is 8.90. The number of aromatic nitrogens is 5. The van der Waals surface area contributed by atoms with Crippen molar-refractivity contribution in [2.24, 2.45) is 0 Å². The molecule has 1 unspecified atom stereocenters. The highest BCUT2D eigenvalue weighted by molar-refractivity contribution is 6.05. The summed E-state index contributed by atoms with van der Waals surface area (Å²) in [7, 11) is 1.62. The summed E-state index contributed by atoms with van der Waals surface area (Å²) in [6, 6.07) is 6.42. The van der Waals surface area contributed by atoms with E-state index in [1.807, 2.05) is 20.0 Å². The lowest BCUT2D eigenvalue weighted by molar-refractivity contribution is -0.136. The SMILES string of the molecule is CC(C)n1ccc(N(C)C(=O)c2cn(-c3ccc4c(c3)CN(C3CCC(=O)NC3=O)C4=O)nn2)n1. The first-order valence-corrected chi connectivity index (χ1v) is 11.3. The summed E-state index contributed by atoms with van der Waals surface area (Å²) in [5.41, 5.74) is 2.00. The van der Waals surface area contributed by atoms with Crippen LogP contribution in [0.5, 0.6) is 0 Å². The van der Waals surface area contributed by atoms with Crippen molar-refractivity contribution in [1.82, 2.24) is 35.0 Å². The molecule has 180 valence electrons. The molecule has 4 heterocycles. The zero-order chi connectivity index (χ0) is 24.9. The number of piperidine rings is 1. The molecule has 1 N–H and O–H groups in total. The third-order valence-electron chi connectivity index (χ3n) is 6.26. The third-order valence-corrected chi connectivity index (χ3v) is 6.26. The molecule has 1 aromatic carbocycles. The quantitative estimate of drug-likeness (QED) is 0.545. The van der Waals surface area contributed by atoms with Crippen LogP contribution >= 0.6 is 0 Å². The molecule has 35 heavy (non-hydrogen) atoms. The molecule has 0 aliphatic carbocycles. The van der Waals surface area contributed by atoms with E-state index < -0.39 is 11.9 Å². The zero-order valence-electron chi connectivity index (χ0n) is 19.5. The molecule has 4 amide bonds. The van der Waals surface area contributed by atoms with E-state index in [2.05, 4.69) is 20.7 Å². The molecule has 12 nitrogen and oxygen atoms in total. The fourth-order valence-electron chi connectivity index (χ4n) is 4.26. The van der Waals surface area contributed by atoms with Crippen LogP contribution in [-0.4, -0.2) is 66.4 Å². The largest absolute Gasteiger partial charge is 0.322 e. The first-order chi connectivity index (χ1) is 16.7. The minimum absolute atomic E-state index is 0.147. The van der Waals surface area contributed by atoms with Crippen LogP contribution in [0.2, 0.25) is 0 Å². The number of nitrogens with one attached hydrogen (secondary N) is 1. The Balaban J connectivity index is 1.34. The van der Waals surface area contributed by atoms with Gasteiger partial charge in [0.05, 0.1) is 11.9 Å². The molecule has 0 saturated carbocycles. The normalized spacial score (nSPS) is 17.7. The molecular formula is C23H24N8O4. The Morgan fingerprint density at radius 2 is 2.00 bits per heavy atom. The summed E-state index contributed by atoms with van der Waals surface area (Å²) < 4.78 is 3.23. The van der Waals surface area contributed by atoms with E-state index in [1.54, 1.807) is 36.0 Å². The number of benzene rings is 1. The van der Waals surface area contributed by atoms with Crippen molar-refractivity contribution in [3.05, 3.63) is 53.5 Å². The zero-order valence-corrected chi connectivity index (χ0v) is 19.5. The summed E-state index contributed by atoms with van der Waals surface area (Å²) in [5, 5.41) is 14.8. The van der Waals surface area contributed by atoms with Gasteiger partial charge >= 0.3 is 0 Å². The Kier molecular flexibility index (Phi) is 5.42. The molecule has 1 fully saturated rings. The summed E-state index contributed by atoms with van der Waals surface area (Å²) in [6.07, 6.45) is 3.83. The van der Waals surface area contributed by atoms with Gasteiger partial charge in [0.1, 0.15) is 6.04 Å². The molecule has 2 aliphatic rings. The second-order valence-electron chi connectivity index (χ2n) is 8.90. The van der Waals surface area contributed by atoms with E-state index in [9.17, 15) is 19.2 Å². The van der Waals surface area contributed by atoms with E-state index in [-0.39, 0.29) is 42.4 Å². The number of nitrogens with zero attached hydrogens (tertiary/aromatic N) is 7. The summed E-state index contributed by atoms with van der Waals surface area (Å²) in [4.78, 5) is 52.4. The first kappa shape index (κ1) is 22.4.